The van der Waals surface area contributed by atoms with Crippen LogP contribution in [0.2, 0.25) is 0 Å². The fourth-order valence-electron chi connectivity index (χ4n) is 1.81. The lowest BCUT2D eigenvalue weighted by Gasteiger charge is -2.15. The quantitative estimate of drug-likeness (QED) is 0.607. The van der Waals surface area contributed by atoms with Crippen molar-refractivity contribution in [2.45, 2.75) is 40.0 Å². The molecule has 0 saturated carbocycles. The van der Waals surface area contributed by atoms with Crippen molar-refractivity contribution in [3.05, 3.63) is 36.2 Å². The van der Waals surface area contributed by atoms with Crippen LogP contribution in [-0.2, 0) is 6.42 Å². The van der Waals surface area contributed by atoms with Gasteiger partial charge in [-0.2, -0.15) is 0 Å². The van der Waals surface area contributed by atoms with E-state index in [0.29, 0.717) is 36.7 Å². The lowest BCUT2D eigenvalue weighted by atomic mass is 10.0. The Morgan fingerprint density at radius 3 is 2.20 bits per heavy atom. The zero-order valence-corrected chi connectivity index (χ0v) is 12.7. The predicted molar refractivity (Wildman–Crippen MR) is 81.0 cm³/mol. The number of allylic oxidation sites excluding steroid dienone is 1. The van der Waals surface area contributed by atoms with Crippen LogP contribution in [0.5, 0.6) is 11.5 Å². The second kappa shape index (κ2) is 8.62. The Morgan fingerprint density at radius 1 is 1.15 bits per heavy atom. The summed E-state index contributed by atoms with van der Waals surface area (Å²) in [5.74, 6) is 1.11. The van der Waals surface area contributed by atoms with E-state index in [9.17, 15) is 4.39 Å². The van der Waals surface area contributed by atoms with E-state index in [1.54, 1.807) is 6.07 Å². The summed E-state index contributed by atoms with van der Waals surface area (Å²) in [7, 11) is 0. The third-order valence-electron chi connectivity index (χ3n) is 2.98. The third-order valence-corrected chi connectivity index (χ3v) is 2.98. The molecule has 1 aromatic carbocycles. The number of halogens is 1. The van der Waals surface area contributed by atoms with Gasteiger partial charge in [0, 0.05) is 6.07 Å². The molecule has 0 aromatic heterocycles. The Labute approximate surface area is 121 Å². The Hall–Kier alpha value is -1.51. The van der Waals surface area contributed by atoms with Gasteiger partial charge in [0.2, 0.25) is 0 Å². The first-order chi connectivity index (χ1) is 9.62. The third kappa shape index (κ3) is 4.87. The van der Waals surface area contributed by atoms with Crippen LogP contribution in [0.4, 0.5) is 4.39 Å². The largest absolute Gasteiger partial charge is 0.490 e. The summed E-state index contributed by atoms with van der Waals surface area (Å²) in [4.78, 5) is 0. The molecule has 112 valence electrons. The van der Waals surface area contributed by atoms with Crippen LogP contribution >= 0.6 is 0 Å². The lowest BCUT2D eigenvalue weighted by Crippen LogP contribution is -2.05. The van der Waals surface area contributed by atoms with Gasteiger partial charge in [0.25, 0.3) is 0 Å². The monoisotopic (exact) mass is 280 g/mol. The molecule has 2 nitrogen and oxygen atoms in total. The molecule has 0 aliphatic carbocycles. The second-order valence-electron chi connectivity index (χ2n) is 5.00. The van der Waals surface area contributed by atoms with Crippen molar-refractivity contribution in [3.8, 4) is 11.5 Å². The highest BCUT2D eigenvalue weighted by atomic mass is 19.1. The van der Waals surface area contributed by atoms with Gasteiger partial charge < -0.3 is 9.47 Å². The molecule has 3 heteroatoms. The topological polar surface area (TPSA) is 18.5 Å². The van der Waals surface area contributed by atoms with Crippen molar-refractivity contribution in [1.29, 1.82) is 0 Å². The van der Waals surface area contributed by atoms with Gasteiger partial charge in [0.1, 0.15) is 5.82 Å². The molecular weight excluding hydrogens is 255 g/mol. The van der Waals surface area contributed by atoms with Crippen LogP contribution in [0.1, 0.15) is 39.2 Å². The standard InChI is InChI=1S/C17H25FO2/c1-5-8-19-16-11-14(10-13(4)7-3)15(18)12-17(16)20-9-6-2/h7,11-13H,3,5-6,8-10H2,1-2,4H3. The molecule has 0 bridgehead atoms. The number of benzene rings is 1. The average molecular weight is 280 g/mol. The highest BCUT2D eigenvalue weighted by Crippen LogP contribution is 2.32. The zero-order chi connectivity index (χ0) is 15.0. The Morgan fingerprint density at radius 2 is 1.70 bits per heavy atom. The summed E-state index contributed by atoms with van der Waals surface area (Å²) in [6, 6.07) is 3.20. The van der Waals surface area contributed by atoms with Crippen molar-refractivity contribution in [2.24, 2.45) is 5.92 Å². The molecule has 0 spiro atoms. The van der Waals surface area contributed by atoms with Gasteiger partial charge in [0.05, 0.1) is 13.2 Å². The van der Waals surface area contributed by atoms with Crippen LogP contribution < -0.4 is 9.47 Å². The van der Waals surface area contributed by atoms with E-state index < -0.39 is 0 Å². The first-order valence-corrected chi connectivity index (χ1v) is 7.32. The Kier molecular flexibility index (Phi) is 7.13. The molecule has 1 unspecified atom stereocenters. The maximum atomic E-state index is 14.1. The molecule has 1 rings (SSSR count). The van der Waals surface area contributed by atoms with E-state index in [4.69, 9.17) is 9.47 Å². The fourth-order valence-corrected chi connectivity index (χ4v) is 1.81. The number of hydrogen-bond acceptors (Lipinski definition) is 2. The summed E-state index contributed by atoms with van der Waals surface area (Å²) < 4.78 is 25.3. The van der Waals surface area contributed by atoms with E-state index in [0.717, 1.165) is 12.8 Å². The highest BCUT2D eigenvalue weighted by molar-refractivity contribution is 5.44. The van der Waals surface area contributed by atoms with Crippen LogP contribution in [0.25, 0.3) is 0 Å². The molecule has 20 heavy (non-hydrogen) atoms. The smallest absolute Gasteiger partial charge is 0.164 e. The first kappa shape index (κ1) is 16.5. The summed E-state index contributed by atoms with van der Waals surface area (Å²) in [6.07, 6.45) is 4.23. The van der Waals surface area contributed by atoms with Gasteiger partial charge in [-0.15, -0.1) is 6.58 Å². The first-order valence-electron chi connectivity index (χ1n) is 7.32. The maximum Gasteiger partial charge on any atom is 0.164 e. The molecule has 0 amide bonds. The highest BCUT2D eigenvalue weighted by Gasteiger charge is 2.13. The Balaban J connectivity index is 2.99. The minimum absolute atomic E-state index is 0.228. The minimum Gasteiger partial charge on any atom is -0.490 e. The lowest BCUT2D eigenvalue weighted by molar-refractivity contribution is 0.266. The summed E-state index contributed by atoms with van der Waals surface area (Å²) >= 11 is 0. The van der Waals surface area contributed by atoms with Gasteiger partial charge in [0.15, 0.2) is 11.5 Å². The fraction of sp³-hybridized carbons (Fsp3) is 0.529. The zero-order valence-electron chi connectivity index (χ0n) is 12.7. The molecule has 1 aromatic rings. The van der Waals surface area contributed by atoms with E-state index in [-0.39, 0.29) is 11.7 Å². The molecule has 0 aliphatic rings. The predicted octanol–water partition coefficient (Wildman–Crippen LogP) is 4.77. The van der Waals surface area contributed by atoms with Gasteiger partial charge in [-0.05, 0) is 36.8 Å². The Bertz CT molecular complexity index is 429. The molecule has 0 N–H and O–H groups in total. The molecule has 1 atom stereocenters. The normalized spacial score (nSPS) is 12.0. The van der Waals surface area contributed by atoms with E-state index in [1.165, 1.54) is 6.07 Å². The maximum absolute atomic E-state index is 14.1. The van der Waals surface area contributed by atoms with Crippen LogP contribution in [0, 0.1) is 11.7 Å². The van der Waals surface area contributed by atoms with Crippen LogP contribution in [-0.4, -0.2) is 13.2 Å². The molecule has 0 saturated heterocycles. The van der Waals surface area contributed by atoms with Gasteiger partial charge in [-0.1, -0.05) is 26.8 Å². The summed E-state index contributed by atoms with van der Waals surface area (Å²) in [5, 5.41) is 0. The SMILES string of the molecule is C=CC(C)Cc1cc(OCCC)c(OCCC)cc1F. The van der Waals surface area contributed by atoms with Gasteiger partial charge in [-0.25, -0.2) is 4.39 Å². The van der Waals surface area contributed by atoms with Crippen molar-refractivity contribution in [1.82, 2.24) is 0 Å². The number of rotatable bonds is 9. The average Bonchev–Trinajstić information content (AvgIpc) is 2.45. The van der Waals surface area contributed by atoms with Crippen LogP contribution in [0.3, 0.4) is 0 Å². The molecule has 0 aliphatic heterocycles. The number of hydrogen-bond donors (Lipinski definition) is 0. The second-order valence-corrected chi connectivity index (χ2v) is 5.00. The summed E-state index contributed by atoms with van der Waals surface area (Å²) in [6.45, 7) is 11.0. The molecule has 0 radical (unpaired) electrons. The van der Waals surface area contributed by atoms with Gasteiger partial charge >= 0.3 is 0 Å². The van der Waals surface area contributed by atoms with E-state index >= 15 is 0 Å². The molecule has 0 heterocycles. The van der Waals surface area contributed by atoms with E-state index in [2.05, 4.69) is 6.58 Å². The van der Waals surface area contributed by atoms with Crippen molar-refractivity contribution >= 4 is 0 Å². The molecule has 0 fully saturated rings. The minimum atomic E-state index is -0.242. The number of ether oxygens (including phenoxy) is 2. The summed E-state index contributed by atoms with van der Waals surface area (Å²) in [5.41, 5.74) is 0.646. The van der Waals surface area contributed by atoms with E-state index in [1.807, 2.05) is 26.8 Å². The van der Waals surface area contributed by atoms with Crippen molar-refractivity contribution < 1.29 is 13.9 Å². The van der Waals surface area contributed by atoms with Crippen LogP contribution in [0.15, 0.2) is 24.8 Å². The van der Waals surface area contributed by atoms with Gasteiger partial charge in [-0.3, -0.25) is 0 Å². The molecular formula is C17H25FO2. The van der Waals surface area contributed by atoms with Crippen molar-refractivity contribution in [3.63, 3.8) is 0 Å². The van der Waals surface area contributed by atoms with Crippen molar-refractivity contribution in [2.75, 3.05) is 13.2 Å².